The Kier molecular flexibility index (Phi) is 37.1. The third-order valence-electron chi connectivity index (χ3n) is 5.57. The second kappa shape index (κ2) is 31.4. The van der Waals surface area contributed by atoms with Gasteiger partial charge in [-0.25, -0.2) is 0 Å². The van der Waals surface area contributed by atoms with Gasteiger partial charge in [0, 0.05) is 25.7 Å². The summed E-state index contributed by atoms with van der Waals surface area (Å²) < 4.78 is 15.7. The lowest BCUT2D eigenvalue weighted by molar-refractivity contribution is 0.0238. The molecule has 0 amide bonds. The van der Waals surface area contributed by atoms with Gasteiger partial charge in [-0.1, -0.05) is 100 Å². The molecular formula is C31H67NO3. The maximum Gasteiger partial charge on any atom is 0.0650 e. The van der Waals surface area contributed by atoms with Crippen molar-refractivity contribution in [3.63, 3.8) is 0 Å². The van der Waals surface area contributed by atoms with Gasteiger partial charge < -0.3 is 14.2 Å². The molecule has 1 fully saturated rings. The number of nitrogens with zero attached hydrogens (tertiary/aromatic N) is 1. The number of morpholine rings is 1. The predicted octanol–water partition coefficient (Wildman–Crippen LogP) is 8.67. The summed E-state index contributed by atoms with van der Waals surface area (Å²) in [5, 5.41) is 0. The molecule has 0 radical (unpaired) electrons. The van der Waals surface area contributed by atoms with Crippen LogP contribution < -0.4 is 0 Å². The van der Waals surface area contributed by atoms with Crippen molar-refractivity contribution < 1.29 is 14.2 Å². The van der Waals surface area contributed by atoms with Crippen LogP contribution in [0.3, 0.4) is 0 Å². The summed E-state index contributed by atoms with van der Waals surface area (Å²) in [6, 6.07) is 0.689. The van der Waals surface area contributed by atoms with Crippen LogP contribution in [0.4, 0.5) is 0 Å². The van der Waals surface area contributed by atoms with E-state index in [1.54, 1.807) is 5.57 Å². The van der Waals surface area contributed by atoms with E-state index in [9.17, 15) is 0 Å². The molecule has 1 unspecified atom stereocenters. The quantitative estimate of drug-likeness (QED) is 0.362. The predicted molar refractivity (Wildman–Crippen MR) is 160 cm³/mol. The fourth-order valence-corrected chi connectivity index (χ4v) is 3.41. The van der Waals surface area contributed by atoms with E-state index < -0.39 is 0 Å². The van der Waals surface area contributed by atoms with E-state index in [-0.39, 0.29) is 7.43 Å². The summed E-state index contributed by atoms with van der Waals surface area (Å²) in [5.41, 5.74) is 1.56. The Morgan fingerprint density at radius 1 is 0.743 bits per heavy atom. The average molecular weight is 502 g/mol. The molecule has 3 rings (SSSR count). The van der Waals surface area contributed by atoms with E-state index >= 15 is 0 Å². The van der Waals surface area contributed by atoms with Crippen molar-refractivity contribution in [3.05, 3.63) is 23.8 Å². The Morgan fingerprint density at radius 3 is 1.66 bits per heavy atom. The van der Waals surface area contributed by atoms with Crippen molar-refractivity contribution in [2.24, 2.45) is 17.8 Å². The lowest BCUT2D eigenvalue weighted by Crippen LogP contribution is -2.40. The van der Waals surface area contributed by atoms with Crippen molar-refractivity contribution in [2.45, 2.75) is 109 Å². The zero-order valence-electron chi connectivity index (χ0n) is 25.3. The largest absolute Gasteiger partial charge is 0.379 e. The SMILES string of the molecule is C.CC.CC.CC.CC(C)C1=CCOCC1.CC(C)C1C=CCOCC1.CC(C)N1CCOCC1. The molecule has 0 aromatic carbocycles. The van der Waals surface area contributed by atoms with Gasteiger partial charge in [-0.15, -0.1) is 0 Å². The van der Waals surface area contributed by atoms with Gasteiger partial charge >= 0.3 is 0 Å². The van der Waals surface area contributed by atoms with Gasteiger partial charge in [0.15, 0.2) is 0 Å². The molecule has 0 saturated carbocycles. The maximum absolute atomic E-state index is 5.29. The minimum absolute atomic E-state index is 0. The number of hydrogen-bond donors (Lipinski definition) is 0. The molecule has 214 valence electrons. The zero-order valence-corrected chi connectivity index (χ0v) is 25.3. The molecule has 0 spiro atoms. The Hall–Kier alpha value is -0.680. The summed E-state index contributed by atoms with van der Waals surface area (Å²) in [7, 11) is 0. The highest BCUT2D eigenvalue weighted by Gasteiger charge is 2.12. The Balaban J connectivity index is -0.000000183. The molecule has 0 aromatic heterocycles. The average Bonchev–Trinajstić information content (AvgIpc) is 3.20. The summed E-state index contributed by atoms with van der Waals surface area (Å²) in [6.07, 6.45) is 8.95. The van der Waals surface area contributed by atoms with Gasteiger partial charge in [0.25, 0.3) is 0 Å². The van der Waals surface area contributed by atoms with Crippen LogP contribution in [0, 0.1) is 17.8 Å². The van der Waals surface area contributed by atoms with Crippen LogP contribution in [0.2, 0.25) is 0 Å². The molecule has 3 aliphatic rings. The second-order valence-corrected chi connectivity index (χ2v) is 8.70. The third kappa shape index (κ3) is 24.8. The summed E-state index contributed by atoms with van der Waals surface area (Å²) >= 11 is 0. The summed E-state index contributed by atoms with van der Waals surface area (Å²) in [6.45, 7) is 33.0. The molecule has 0 aromatic rings. The van der Waals surface area contributed by atoms with Crippen molar-refractivity contribution in [1.82, 2.24) is 4.90 Å². The molecule has 4 nitrogen and oxygen atoms in total. The molecule has 3 heterocycles. The van der Waals surface area contributed by atoms with Gasteiger partial charge in [-0.2, -0.15) is 0 Å². The third-order valence-corrected chi connectivity index (χ3v) is 5.57. The summed E-state index contributed by atoms with van der Waals surface area (Å²) in [5.74, 6) is 2.22. The van der Waals surface area contributed by atoms with E-state index in [4.69, 9.17) is 14.2 Å². The zero-order chi connectivity index (χ0) is 26.8. The Labute approximate surface area is 222 Å². The van der Waals surface area contributed by atoms with Gasteiger partial charge in [0.2, 0.25) is 0 Å². The van der Waals surface area contributed by atoms with Crippen LogP contribution >= 0.6 is 0 Å². The first-order valence-electron chi connectivity index (χ1n) is 14.2. The van der Waals surface area contributed by atoms with Crippen LogP contribution in [-0.2, 0) is 14.2 Å². The molecule has 0 N–H and O–H groups in total. The fourth-order valence-electron chi connectivity index (χ4n) is 3.41. The molecule has 0 aliphatic carbocycles. The lowest BCUT2D eigenvalue weighted by atomic mass is 9.93. The number of ether oxygens (including phenoxy) is 3. The number of hydrogen-bond acceptors (Lipinski definition) is 4. The normalized spacial score (nSPS) is 19.3. The highest BCUT2D eigenvalue weighted by Crippen LogP contribution is 2.18. The van der Waals surface area contributed by atoms with Crippen LogP contribution in [0.25, 0.3) is 0 Å². The second-order valence-electron chi connectivity index (χ2n) is 8.70. The first-order valence-corrected chi connectivity index (χ1v) is 14.2. The van der Waals surface area contributed by atoms with Crippen molar-refractivity contribution >= 4 is 0 Å². The Morgan fingerprint density at radius 2 is 1.29 bits per heavy atom. The smallest absolute Gasteiger partial charge is 0.0650 e. The Bertz CT molecular complexity index is 439. The molecule has 0 bridgehead atoms. The standard InChI is InChI=1S/C9H16O.C8H14O.C7H15NO.3C2H6.CH4/c1-8(2)9-4-3-6-10-7-5-9;2*1-7(2)8-3-5-9-6-4-8;3*1-2;/h3-4,8-9H,5-7H2,1-2H3;3,7H,4-6H2,1-2H3;7H,3-6H2,1-2H3;3*1-2H3;1H4. The van der Waals surface area contributed by atoms with Crippen molar-refractivity contribution in [1.29, 1.82) is 0 Å². The molecule has 1 atom stereocenters. The minimum Gasteiger partial charge on any atom is -0.379 e. The van der Waals surface area contributed by atoms with Crippen LogP contribution in [-0.4, -0.2) is 63.7 Å². The summed E-state index contributed by atoms with van der Waals surface area (Å²) in [4.78, 5) is 2.43. The van der Waals surface area contributed by atoms with E-state index in [2.05, 4.69) is 64.7 Å². The van der Waals surface area contributed by atoms with Crippen molar-refractivity contribution in [3.8, 4) is 0 Å². The van der Waals surface area contributed by atoms with E-state index in [0.29, 0.717) is 12.0 Å². The maximum atomic E-state index is 5.29. The van der Waals surface area contributed by atoms with Crippen LogP contribution in [0.5, 0.6) is 0 Å². The van der Waals surface area contributed by atoms with E-state index in [1.165, 1.54) is 6.42 Å². The molecule has 4 heteroatoms. The van der Waals surface area contributed by atoms with Gasteiger partial charge in [0.05, 0.1) is 33.0 Å². The van der Waals surface area contributed by atoms with Gasteiger partial charge in [-0.05, 0) is 44.4 Å². The molecular weight excluding hydrogens is 434 g/mol. The number of allylic oxidation sites excluding steroid dienone is 1. The van der Waals surface area contributed by atoms with Crippen LogP contribution in [0.15, 0.2) is 23.8 Å². The van der Waals surface area contributed by atoms with Crippen molar-refractivity contribution in [2.75, 3.05) is 52.7 Å². The minimum atomic E-state index is 0. The lowest BCUT2D eigenvalue weighted by Gasteiger charge is -2.29. The molecule has 3 aliphatic heterocycles. The number of rotatable bonds is 3. The first kappa shape index (κ1) is 41.4. The topological polar surface area (TPSA) is 30.9 Å². The van der Waals surface area contributed by atoms with E-state index in [1.807, 2.05) is 41.5 Å². The highest BCUT2D eigenvalue weighted by atomic mass is 16.5. The van der Waals surface area contributed by atoms with E-state index in [0.717, 1.165) is 71.0 Å². The van der Waals surface area contributed by atoms with Gasteiger partial charge in [0.1, 0.15) is 0 Å². The first-order chi connectivity index (χ1) is 16.4. The fraction of sp³-hybridized carbons (Fsp3) is 0.871. The highest BCUT2D eigenvalue weighted by molar-refractivity contribution is 5.06. The van der Waals surface area contributed by atoms with Crippen LogP contribution in [0.1, 0.15) is 103 Å². The van der Waals surface area contributed by atoms with Gasteiger partial charge in [-0.3, -0.25) is 4.90 Å². The monoisotopic (exact) mass is 502 g/mol. The molecule has 35 heavy (non-hydrogen) atoms. The molecule has 1 saturated heterocycles.